The first-order chi connectivity index (χ1) is 13.5. The van der Waals surface area contributed by atoms with Crippen LogP contribution >= 0.6 is 0 Å². The van der Waals surface area contributed by atoms with Gasteiger partial charge in [-0.1, -0.05) is 36.4 Å². The Hall–Kier alpha value is -3.66. The molecule has 4 nitrogen and oxygen atoms in total. The summed E-state index contributed by atoms with van der Waals surface area (Å²) >= 11 is 0. The molecule has 28 heavy (non-hydrogen) atoms. The smallest absolute Gasteiger partial charge is 0.344 e. The van der Waals surface area contributed by atoms with E-state index in [-0.39, 0.29) is 5.91 Å². The number of benzene rings is 3. The molecule has 0 unspecified atom stereocenters. The quantitative estimate of drug-likeness (QED) is 0.497. The number of rotatable bonds is 3. The van der Waals surface area contributed by atoms with Crippen molar-refractivity contribution in [1.29, 1.82) is 0 Å². The highest BCUT2D eigenvalue weighted by Crippen LogP contribution is 2.22. The van der Waals surface area contributed by atoms with Gasteiger partial charge in [0, 0.05) is 16.6 Å². The molecule has 0 saturated carbocycles. The van der Waals surface area contributed by atoms with Crippen molar-refractivity contribution in [3.05, 3.63) is 99.9 Å². The highest BCUT2D eigenvalue weighted by molar-refractivity contribution is 6.04. The number of aryl methyl sites for hydroxylation is 2. The van der Waals surface area contributed by atoms with Crippen LogP contribution in [-0.2, 0) is 0 Å². The Morgan fingerprint density at radius 1 is 0.857 bits per heavy atom. The van der Waals surface area contributed by atoms with Gasteiger partial charge in [0.15, 0.2) is 0 Å². The lowest BCUT2D eigenvalue weighted by molar-refractivity contribution is 0.102. The van der Waals surface area contributed by atoms with E-state index in [0.717, 1.165) is 16.6 Å². The van der Waals surface area contributed by atoms with Gasteiger partial charge in [0.1, 0.15) is 5.58 Å². The molecule has 4 heteroatoms. The predicted molar refractivity (Wildman–Crippen MR) is 112 cm³/mol. The SMILES string of the molecule is Cc1ccc(NC(=O)c2ccc(-c3cc4ccccc4oc3=O)cc2)cc1C. The molecule has 0 radical (unpaired) electrons. The van der Waals surface area contributed by atoms with Gasteiger partial charge < -0.3 is 9.73 Å². The zero-order valence-electron chi connectivity index (χ0n) is 15.7. The van der Waals surface area contributed by atoms with Crippen LogP contribution in [0, 0.1) is 13.8 Å². The number of fused-ring (bicyclic) bond motifs is 1. The fourth-order valence-corrected chi connectivity index (χ4v) is 3.09. The van der Waals surface area contributed by atoms with Crippen molar-refractivity contribution in [3.8, 4) is 11.1 Å². The van der Waals surface area contributed by atoms with E-state index in [2.05, 4.69) is 5.32 Å². The lowest BCUT2D eigenvalue weighted by Crippen LogP contribution is -2.12. The van der Waals surface area contributed by atoms with E-state index in [1.165, 1.54) is 5.56 Å². The van der Waals surface area contributed by atoms with Gasteiger partial charge in [-0.05, 0) is 66.9 Å². The molecular weight excluding hydrogens is 350 g/mol. The fourth-order valence-electron chi connectivity index (χ4n) is 3.09. The fraction of sp³-hybridized carbons (Fsp3) is 0.0833. The summed E-state index contributed by atoms with van der Waals surface area (Å²) < 4.78 is 5.39. The van der Waals surface area contributed by atoms with Crippen molar-refractivity contribution >= 4 is 22.6 Å². The first-order valence-corrected chi connectivity index (χ1v) is 9.03. The number of hydrogen-bond acceptors (Lipinski definition) is 3. The predicted octanol–water partition coefficient (Wildman–Crippen LogP) is 5.33. The van der Waals surface area contributed by atoms with E-state index in [0.29, 0.717) is 22.3 Å². The number of carbonyl (C=O) groups excluding carboxylic acids is 1. The highest BCUT2D eigenvalue weighted by Gasteiger charge is 2.10. The van der Waals surface area contributed by atoms with Crippen molar-refractivity contribution < 1.29 is 9.21 Å². The molecular formula is C24H19NO3. The second kappa shape index (κ2) is 7.16. The Morgan fingerprint density at radius 3 is 2.36 bits per heavy atom. The van der Waals surface area contributed by atoms with Crippen LogP contribution in [-0.4, -0.2) is 5.91 Å². The van der Waals surface area contributed by atoms with E-state index in [4.69, 9.17) is 4.42 Å². The maximum absolute atomic E-state index is 12.5. The first kappa shape index (κ1) is 17.7. The van der Waals surface area contributed by atoms with Crippen molar-refractivity contribution in [3.63, 3.8) is 0 Å². The first-order valence-electron chi connectivity index (χ1n) is 9.03. The van der Waals surface area contributed by atoms with Crippen LogP contribution in [0.2, 0.25) is 0 Å². The molecule has 1 N–H and O–H groups in total. The van der Waals surface area contributed by atoms with Gasteiger partial charge in [0.05, 0.1) is 5.56 Å². The number of hydrogen-bond donors (Lipinski definition) is 1. The molecule has 4 aromatic rings. The van der Waals surface area contributed by atoms with Crippen molar-refractivity contribution in [2.75, 3.05) is 5.32 Å². The van der Waals surface area contributed by atoms with Gasteiger partial charge in [0.2, 0.25) is 0 Å². The van der Waals surface area contributed by atoms with Gasteiger partial charge in [-0.2, -0.15) is 0 Å². The largest absolute Gasteiger partial charge is 0.422 e. The van der Waals surface area contributed by atoms with Gasteiger partial charge >= 0.3 is 5.63 Å². The zero-order chi connectivity index (χ0) is 19.7. The lowest BCUT2D eigenvalue weighted by atomic mass is 10.0. The van der Waals surface area contributed by atoms with Gasteiger partial charge in [-0.15, -0.1) is 0 Å². The van der Waals surface area contributed by atoms with E-state index < -0.39 is 5.63 Å². The minimum Gasteiger partial charge on any atom is -0.422 e. The van der Waals surface area contributed by atoms with Gasteiger partial charge in [-0.25, -0.2) is 4.79 Å². The summed E-state index contributed by atoms with van der Waals surface area (Å²) in [5.74, 6) is -0.194. The maximum Gasteiger partial charge on any atom is 0.344 e. The van der Waals surface area contributed by atoms with Crippen LogP contribution in [0.3, 0.4) is 0 Å². The Morgan fingerprint density at radius 2 is 1.61 bits per heavy atom. The Kier molecular flexibility index (Phi) is 4.53. The molecule has 138 valence electrons. The number of nitrogens with one attached hydrogen (secondary N) is 1. The summed E-state index contributed by atoms with van der Waals surface area (Å²) in [5.41, 5.74) is 4.92. The molecule has 1 aromatic heterocycles. The molecule has 1 heterocycles. The van der Waals surface area contributed by atoms with Gasteiger partial charge in [0.25, 0.3) is 5.91 Å². The molecule has 0 saturated heterocycles. The van der Waals surface area contributed by atoms with Crippen molar-refractivity contribution in [2.45, 2.75) is 13.8 Å². The average Bonchev–Trinajstić information content (AvgIpc) is 2.70. The van der Waals surface area contributed by atoms with Crippen LogP contribution in [0.25, 0.3) is 22.1 Å². The summed E-state index contributed by atoms with van der Waals surface area (Å²) in [5, 5.41) is 3.76. The minimum absolute atomic E-state index is 0.194. The number of amides is 1. The second-order valence-corrected chi connectivity index (χ2v) is 6.82. The molecule has 1 amide bonds. The molecule has 4 rings (SSSR count). The summed E-state index contributed by atoms with van der Waals surface area (Å²) in [6.45, 7) is 4.04. The van der Waals surface area contributed by atoms with E-state index in [1.807, 2.05) is 56.3 Å². The number of carbonyl (C=O) groups is 1. The number of para-hydroxylation sites is 1. The highest BCUT2D eigenvalue weighted by atomic mass is 16.4. The summed E-state index contributed by atoms with van der Waals surface area (Å²) in [6, 6.07) is 21.9. The van der Waals surface area contributed by atoms with Crippen LogP contribution < -0.4 is 10.9 Å². The Bertz CT molecular complexity index is 1240. The van der Waals surface area contributed by atoms with Gasteiger partial charge in [-0.3, -0.25) is 4.79 Å². The standard InChI is InChI=1S/C24H19NO3/c1-15-7-12-20(13-16(15)2)25-23(26)18-10-8-17(9-11-18)21-14-19-5-3-4-6-22(19)28-24(21)27/h3-14H,1-2H3,(H,25,26). The molecule has 0 spiro atoms. The average molecular weight is 369 g/mol. The molecule has 0 fully saturated rings. The second-order valence-electron chi connectivity index (χ2n) is 6.82. The normalized spacial score (nSPS) is 10.8. The molecule has 3 aromatic carbocycles. The molecule has 0 aliphatic rings. The van der Waals surface area contributed by atoms with Crippen molar-refractivity contribution in [1.82, 2.24) is 0 Å². The monoisotopic (exact) mass is 369 g/mol. The summed E-state index contributed by atoms with van der Waals surface area (Å²) in [4.78, 5) is 24.8. The number of anilines is 1. The third kappa shape index (κ3) is 3.45. The third-order valence-electron chi connectivity index (χ3n) is 4.86. The lowest BCUT2D eigenvalue weighted by Gasteiger charge is -2.08. The van der Waals surface area contributed by atoms with Crippen LogP contribution in [0.4, 0.5) is 5.69 Å². The third-order valence-corrected chi connectivity index (χ3v) is 4.86. The summed E-state index contributed by atoms with van der Waals surface area (Å²) in [6.07, 6.45) is 0. The topological polar surface area (TPSA) is 59.3 Å². The van der Waals surface area contributed by atoms with Crippen LogP contribution in [0.1, 0.15) is 21.5 Å². The van der Waals surface area contributed by atoms with E-state index >= 15 is 0 Å². The molecule has 0 aliphatic carbocycles. The Balaban J connectivity index is 1.60. The zero-order valence-corrected chi connectivity index (χ0v) is 15.7. The summed E-state index contributed by atoms with van der Waals surface area (Å²) in [7, 11) is 0. The van der Waals surface area contributed by atoms with Crippen LogP contribution in [0.15, 0.2) is 82.0 Å². The van der Waals surface area contributed by atoms with E-state index in [1.54, 1.807) is 30.3 Å². The molecule has 0 atom stereocenters. The van der Waals surface area contributed by atoms with Crippen molar-refractivity contribution in [2.24, 2.45) is 0 Å². The Labute approximate surface area is 162 Å². The van der Waals surface area contributed by atoms with E-state index in [9.17, 15) is 9.59 Å². The molecule has 0 bridgehead atoms. The maximum atomic E-state index is 12.5. The van der Waals surface area contributed by atoms with Crippen LogP contribution in [0.5, 0.6) is 0 Å². The minimum atomic E-state index is -0.397. The molecule has 0 aliphatic heterocycles.